The van der Waals surface area contributed by atoms with E-state index in [0.29, 0.717) is 42.5 Å². The smallest absolute Gasteiger partial charge is 0.254 e. The van der Waals surface area contributed by atoms with Crippen molar-refractivity contribution >= 4 is 5.91 Å². The van der Waals surface area contributed by atoms with Crippen molar-refractivity contribution in [3.63, 3.8) is 0 Å². The first-order valence-corrected chi connectivity index (χ1v) is 8.36. The molecule has 0 unspecified atom stereocenters. The molecule has 4 heterocycles. The minimum absolute atomic E-state index is 0.0557. The molecule has 2 aromatic heterocycles. The van der Waals surface area contributed by atoms with Crippen molar-refractivity contribution in [3.8, 4) is 23.0 Å². The van der Waals surface area contributed by atoms with Gasteiger partial charge < -0.3 is 18.8 Å². The van der Waals surface area contributed by atoms with Crippen molar-refractivity contribution in [1.82, 2.24) is 14.9 Å². The number of amides is 1. The topological polar surface area (TPSA) is 77.7 Å². The summed E-state index contributed by atoms with van der Waals surface area (Å²) in [5.74, 6) is 2.59. The number of oxazole rings is 1. The molecule has 0 atom stereocenters. The summed E-state index contributed by atoms with van der Waals surface area (Å²) in [5, 5.41) is 0. The van der Waals surface area contributed by atoms with Crippen molar-refractivity contribution in [3.05, 3.63) is 59.7 Å². The van der Waals surface area contributed by atoms with Gasteiger partial charge in [-0.15, -0.1) is 0 Å². The van der Waals surface area contributed by atoms with E-state index in [-0.39, 0.29) is 12.7 Å². The SMILES string of the molecule is O=C(c1ccc2c(c1)OCO2)N1CCc2oc(-c3cccnc3)nc2C1. The molecule has 0 radical (unpaired) electrons. The second kappa shape index (κ2) is 5.87. The number of nitrogens with zero attached hydrogens (tertiary/aromatic N) is 3. The van der Waals surface area contributed by atoms with Crippen LogP contribution in [0.3, 0.4) is 0 Å². The first kappa shape index (κ1) is 14.9. The van der Waals surface area contributed by atoms with Crippen LogP contribution in [0.5, 0.6) is 11.5 Å². The fourth-order valence-corrected chi connectivity index (χ4v) is 3.20. The Morgan fingerprint density at radius 3 is 2.96 bits per heavy atom. The molecule has 0 fully saturated rings. The Morgan fingerprint density at radius 1 is 1.15 bits per heavy atom. The van der Waals surface area contributed by atoms with E-state index in [2.05, 4.69) is 9.97 Å². The lowest BCUT2D eigenvalue weighted by Crippen LogP contribution is -2.35. The van der Waals surface area contributed by atoms with Gasteiger partial charge in [-0.1, -0.05) is 0 Å². The average molecular weight is 349 g/mol. The van der Waals surface area contributed by atoms with E-state index in [0.717, 1.165) is 17.0 Å². The van der Waals surface area contributed by atoms with Crippen LogP contribution in [0, 0.1) is 0 Å². The molecule has 3 aromatic rings. The summed E-state index contributed by atoms with van der Waals surface area (Å²) >= 11 is 0. The lowest BCUT2D eigenvalue weighted by atomic mass is 10.1. The number of carbonyl (C=O) groups is 1. The van der Waals surface area contributed by atoms with Gasteiger partial charge in [-0.25, -0.2) is 4.98 Å². The number of hydrogen-bond acceptors (Lipinski definition) is 6. The van der Waals surface area contributed by atoms with Gasteiger partial charge in [0, 0.05) is 30.9 Å². The van der Waals surface area contributed by atoms with Crippen LogP contribution in [0.4, 0.5) is 0 Å². The lowest BCUT2D eigenvalue weighted by molar-refractivity contribution is 0.0727. The summed E-state index contributed by atoms with van der Waals surface area (Å²) in [6.07, 6.45) is 4.06. The molecule has 1 aromatic carbocycles. The fourth-order valence-electron chi connectivity index (χ4n) is 3.20. The molecule has 0 bridgehead atoms. The van der Waals surface area contributed by atoms with Crippen LogP contribution in [0.15, 0.2) is 47.1 Å². The molecule has 26 heavy (non-hydrogen) atoms. The van der Waals surface area contributed by atoms with Crippen molar-refractivity contribution in [2.45, 2.75) is 13.0 Å². The molecular weight excluding hydrogens is 334 g/mol. The standard InChI is InChI=1S/C19H15N3O4/c23-19(12-3-4-16-17(8-12)25-11-24-16)22-7-5-15-14(10-22)21-18(26-15)13-2-1-6-20-9-13/h1-4,6,8-9H,5,7,10-11H2. The second-order valence-corrected chi connectivity index (χ2v) is 6.18. The molecule has 0 saturated heterocycles. The molecule has 2 aliphatic heterocycles. The van der Waals surface area contributed by atoms with Crippen LogP contribution in [0.2, 0.25) is 0 Å². The number of carbonyl (C=O) groups excluding carboxylic acids is 1. The highest BCUT2D eigenvalue weighted by Crippen LogP contribution is 2.33. The number of aromatic nitrogens is 2. The van der Waals surface area contributed by atoms with Crippen LogP contribution >= 0.6 is 0 Å². The van der Waals surface area contributed by atoms with Gasteiger partial charge in [-0.3, -0.25) is 9.78 Å². The summed E-state index contributed by atoms with van der Waals surface area (Å²) in [6.45, 7) is 1.20. The minimum Gasteiger partial charge on any atom is -0.454 e. The summed E-state index contributed by atoms with van der Waals surface area (Å²) in [6, 6.07) is 8.99. The van der Waals surface area contributed by atoms with Crippen LogP contribution < -0.4 is 9.47 Å². The number of fused-ring (bicyclic) bond motifs is 2. The first-order valence-electron chi connectivity index (χ1n) is 8.36. The van der Waals surface area contributed by atoms with Gasteiger partial charge in [0.05, 0.1) is 12.1 Å². The molecular formula is C19H15N3O4. The highest BCUT2D eigenvalue weighted by molar-refractivity contribution is 5.95. The monoisotopic (exact) mass is 349 g/mol. The third-order valence-electron chi connectivity index (χ3n) is 4.54. The Hall–Kier alpha value is -3.35. The quantitative estimate of drug-likeness (QED) is 0.708. The van der Waals surface area contributed by atoms with Gasteiger partial charge in [-0.2, -0.15) is 0 Å². The van der Waals surface area contributed by atoms with E-state index < -0.39 is 0 Å². The summed E-state index contributed by atoms with van der Waals surface area (Å²) in [5.41, 5.74) is 2.20. The molecule has 1 amide bonds. The zero-order valence-corrected chi connectivity index (χ0v) is 13.8. The minimum atomic E-state index is -0.0557. The van der Waals surface area contributed by atoms with E-state index >= 15 is 0 Å². The molecule has 130 valence electrons. The van der Waals surface area contributed by atoms with E-state index in [4.69, 9.17) is 13.9 Å². The highest BCUT2D eigenvalue weighted by atomic mass is 16.7. The van der Waals surface area contributed by atoms with Crippen molar-refractivity contribution in [2.24, 2.45) is 0 Å². The Labute approximate surface area is 149 Å². The van der Waals surface area contributed by atoms with E-state index in [9.17, 15) is 4.79 Å². The maximum Gasteiger partial charge on any atom is 0.254 e. The van der Waals surface area contributed by atoms with Crippen molar-refractivity contribution in [1.29, 1.82) is 0 Å². The van der Waals surface area contributed by atoms with Gasteiger partial charge in [0.1, 0.15) is 11.5 Å². The van der Waals surface area contributed by atoms with E-state index in [1.54, 1.807) is 35.5 Å². The zero-order chi connectivity index (χ0) is 17.5. The van der Waals surface area contributed by atoms with Gasteiger partial charge in [0.15, 0.2) is 11.5 Å². The number of benzene rings is 1. The molecule has 0 spiro atoms. The van der Waals surface area contributed by atoms with Crippen LogP contribution in [-0.4, -0.2) is 34.1 Å². The summed E-state index contributed by atoms with van der Waals surface area (Å²) in [7, 11) is 0. The largest absolute Gasteiger partial charge is 0.454 e. The molecule has 0 N–H and O–H groups in total. The number of ether oxygens (including phenoxy) is 2. The van der Waals surface area contributed by atoms with Gasteiger partial charge >= 0.3 is 0 Å². The van der Waals surface area contributed by atoms with Gasteiger partial charge in [-0.05, 0) is 30.3 Å². The predicted octanol–water partition coefficient (Wildman–Crippen LogP) is 2.66. The number of hydrogen-bond donors (Lipinski definition) is 0. The van der Waals surface area contributed by atoms with Crippen LogP contribution in [0.25, 0.3) is 11.5 Å². The molecule has 2 aliphatic rings. The molecule has 0 saturated carbocycles. The molecule has 0 aliphatic carbocycles. The third-order valence-corrected chi connectivity index (χ3v) is 4.54. The summed E-state index contributed by atoms with van der Waals surface area (Å²) in [4.78, 5) is 23.3. The van der Waals surface area contributed by atoms with Crippen molar-refractivity contribution in [2.75, 3.05) is 13.3 Å². The zero-order valence-electron chi connectivity index (χ0n) is 13.8. The third kappa shape index (κ3) is 2.48. The van der Waals surface area contributed by atoms with Crippen LogP contribution in [0.1, 0.15) is 21.8 Å². The van der Waals surface area contributed by atoms with Crippen molar-refractivity contribution < 1.29 is 18.7 Å². The first-order chi connectivity index (χ1) is 12.8. The Bertz CT molecular complexity index is 984. The number of rotatable bonds is 2. The summed E-state index contributed by atoms with van der Waals surface area (Å²) < 4.78 is 16.5. The maximum atomic E-state index is 12.8. The highest BCUT2D eigenvalue weighted by Gasteiger charge is 2.27. The Kier molecular flexibility index (Phi) is 3.38. The molecule has 5 rings (SSSR count). The Balaban J connectivity index is 1.38. The van der Waals surface area contributed by atoms with Crippen LogP contribution in [-0.2, 0) is 13.0 Å². The number of pyridine rings is 1. The normalized spacial score (nSPS) is 15.0. The van der Waals surface area contributed by atoms with E-state index in [1.165, 1.54) is 0 Å². The maximum absolute atomic E-state index is 12.8. The van der Waals surface area contributed by atoms with E-state index in [1.807, 2.05) is 12.1 Å². The lowest BCUT2D eigenvalue weighted by Gasteiger charge is -2.25. The molecule has 7 nitrogen and oxygen atoms in total. The van der Waals surface area contributed by atoms with Gasteiger partial charge in [0.2, 0.25) is 12.7 Å². The Morgan fingerprint density at radius 2 is 2.08 bits per heavy atom. The molecule has 7 heteroatoms. The fraction of sp³-hybridized carbons (Fsp3) is 0.211. The second-order valence-electron chi connectivity index (χ2n) is 6.18. The van der Waals surface area contributed by atoms with Gasteiger partial charge in [0.25, 0.3) is 5.91 Å². The average Bonchev–Trinajstić information content (AvgIpc) is 3.33. The predicted molar refractivity (Wildman–Crippen MR) is 90.7 cm³/mol.